The predicted molar refractivity (Wildman–Crippen MR) is 83.9 cm³/mol. The molecule has 0 radical (unpaired) electrons. The van der Waals surface area contributed by atoms with Gasteiger partial charge in [-0.15, -0.1) is 0 Å². The maximum absolute atomic E-state index is 12.3. The van der Waals surface area contributed by atoms with Gasteiger partial charge >= 0.3 is 0 Å². The van der Waals surface area contributed by atoms with Gasteiger partial charge < -0.3 is 9.80 Å². The van der Waals surface area contributed by atoms with Gasteiger partial charge in [0.1, 0.15) is 12.0 Å². The number of aryl methyl sites for hydroxylation is 1. The summed E-state index contributed by atoms with van der Waals surface area (Å²) in [6.07, 6.45) is 1.29. The highest BCUT2D eigenvalue weighted by Crippen LogP contribution is 2.24. The van der Waals surface area contributed by atoms with Crippen LogP contribution in [-0.4, -0.2) is 46.9 Å². The second-order valence-corrected chi connectivity index (χ2v) is 6.62. The molecule has 22 heavy (non-hydrogen) atoms. The number of hydrogen-bond acceptors (Lipinski definition) is 5. The van der Waals surface area contributed by atoms with Crippen molar-refractivity contribution in [2.75, 3.05) is 31.1 Å². The lowest BCUT2D eigenvalue weighted by Crippen LogP contribution is -2.52. The standard InChI is InChI=1S/C15H22N4O3/c1-11-9-12(19(21)22)10-16-13(11)17-5-7-18(8-6-17)14(20)15(2,3)4/h9-10H,5-8H2,1-4H3. The Kier molecular flexibility index (Phi) is 4.35. The van der Waals surface area contributed by atoms with Crippen LogP contribution in [0.25, 0.3) is 0 Å². The monoisotopic (exact) mass is 306 g/mol. The third kappa shape index (κ3) is 3.35. The van der Waals surface area contributed by atoms with Gasteiger partial charge in [-0.1, -0.05) is 20.8 Å². The first-order valence-electron chi connectivity index (χ1n) is 7.35. The molecule has 0 saturated carbocycles. The quantitative estimate of drug-likeness (QED) is 0.616. The van der Waals surface area contributed by atoms with E-state index in [-0.39, 0.29) is 17.0 Å². The van der Waals surface area contributed by atoms with E-state index in [4.69, 9.17) is 0 Å². The number of piperazine rings is 1. The lowest BCUT2D eigenvalue weighted by atomic mass is 9.94. The van der Waals surface area contributed by atoms with E-state index in [1.54, 1.807) is 0 Å². The Morgan fingerprint density at radius 3 is 2.32 bits per heavy atom. The molecule has 0 unspecified atom stereocenters. The fourth-order valence-electron chi connectivity index (χ4n) is 2.58. The number of carbonyl (C=O) groups excluding carboxylic acids is 1. The summed E-state index contributed by atoms with van der Waals surface area (Å²) >= 11 is 0. The van der Waals surface area contributed by atoms with E-state index in [1.807, 2.05) is 32.6 Å². The van der Waals surface area contributed by atoms with Crippen LogP contribution in [0.15, 0.2) is 12.3 Å². The zero-order chi connectivity index (χ0) is 16.5. The number of aromatic nitrogens is 1. The first-order valence-corrected chi connectivity index (χ1v) is 7.35. The highest BCUT2D eigenvalue weighted by Gasteiger charge is 2.30. The smallest absolute Gasteiger partial charge is 0.287 e. The molecule has 1 aromatic heterocycles. The van der Waals surface area contributed by atoms with Gasteiger partial charge in [-0.3, -0.25) is 14.9 Å². The van der Waals surface area contributed by atoms with Crippen LogP contribution in [0.5, 0.6) is 0 Å². The van der Waals surface area contributed by atoms with E-state index in [1.165, 1.54) is 12.3 Å². The van der Waals surface area contributed by atoms with Gasteiger partial charge in [0, 0.05) is 37.7 Å². The fourth-order valence-corrected chi connectivity index (χ4v) is 2.58. The number of anilines is 1. The Morgan fingerprint density at radius 1 is 1.27 bits per heavy atom. The molecule has 120 valence electrons. The summed E-state index contributed by atoms with van der Waals surface area (Å²) in [6.45, 7) is 10.3. The van der Waals surface area contributed by atoms with Crippen molar-refractivity contribution >= 4 is 17.4 Å². The number of pyridine rings is 1. The molecule has 0 spiro atoms. The number of carbonyl (C=O) groups is 1. The number of amides is 1. The third-order valence-corrected chi connectivity index (χ3v) is 3.76. The molecule has 2 rings (SSSR count). The van der Waals surface area contributed by atoms with Crippen LogP contribution < -0.4 is 4.90 Å². The minimum absolute atomic E-state index is 0.00259. The highest BCUT2D eigenvalue weighted by atomic mass is 16.6. The molecule has 0 aliphatic carbocycles. The largest absolute Gasteiger partial charge is 0.353 e. The average molecular weight is 306 g/mol. The van der Waals surface area contributed by atoms with Gasteiger partial charge in [0.05, 0.1) is 4.92 Å². The minimum atomic E-state index is -0.441. The summed E-state index contributed by atoms with van der Waals surface area (Å²) in [6, 6.07) is 1.54. The van der Waals surface area contributed by atoms with Gasteiger partial charge in [-0.05, 0) is 12.5 Å². The van der Waals surface area contributed by atoms with Crippen LogP contribution in [-0.2, 0) is 4.79 Å². The summed E-state index contributed by atoms with van der Waals surface area (Å²) in [5.74, 6) is 0.911. The molecule has 1 amide bonds. The molecule has 1 fully saturated rings. The maximum Gasteiger partial charge on any atom is 0.287 e. The summed E-state index contributed by atoms with van der Waals surface area (Å²) < 4.78 is 0. The van der Waals surface area contributed by atoms with E-state index in [9.17, 15) is 14.9 Å². The Hall–Kier alpha value is -2.18. The van der Waals surface area contributed by atoms with Gasteiger partial charge in [0.2, 0.25) is 5.91 Å². The van der Waals surface area contributed by atoms with Crippen molar-refractivity contribution in [2.45, 2.75) is 27.7 Å². The van der Waals surface area contributed by atoms with E-state index in [0.29, 0.717) is 26.2 Å². The molecule has 0 atom stereocenters. The van der Waals surface area contributed by atoms with Gasteiger partial charge in [-0.25, -0.2) is 4.98 Å². The SMILES string of the molecule is Cc1cc([N+](=O)[O-])cnc1N1CCN(C(=O)C(C)(C)C)CC1. The Bertz CT molecular complexity index is 587. The summed E-state index contributed by atoms with van der Waals surface area (Å²) in [5.41, 5.74) is 0.413. The maximum atomic E-state index is 12.3. The Morgan fingerprint density at radius 2 is 1.86 bits per heavy atom. The van der Waals surface area contributed by atoms with Gasteiger partial charge in [0.25, 0.3) is 5.69 Å². The van der Waals surface area contributed by atoms with Crippen LogP contribution in [0.4, 0.5) is 11.5 Å². The average Bonchev–Trinajstić information content (AvgIpc) is 2.45. The van der Waals surface area contributed by atoms with Crippen molar-refractivity contribution in [3.05, 3.63) is 27.9 Å². The third-order valence-electron chi connectivity index (χ3n) is 3.76. The Balaban J connectivity index is 2.06. The topological polar surface area (TPSA) is 79.6 Å². The zero-order valence-electron chi connectivity index (χ0n) is 13.5. The molecule has 7 heteroatoms. The summed E-state index contributed by atoms with van der Waals surface area (Å²) in [5, 5.41) is 10.8. The first-order chi connectivity index (χ1) is 10.2. The van der Waals surface area contributed by atoms with Gasteiger partial charge in [0.15, 0.2) is 0 Å². The molecular formula is C15H22N4O3. The van der Waals surface area contributed by atoms with Crippen molar-refractivity contribution in [2.24, 2.45) is 5.41 Å². The van der Waals surface area contributed by atoms with Crippen LogP contribution >= 0.6 is 0 Å². The van der Waals surface area contributed by atoms with E-state index < -0.39 is 4.92 Å². The van der Waals surface area contributed by atoms with Crippen molar-refractivity contribution in [3.8, 4) is 0 Å². The van der Waals surface area contributed by atoms with E-state index in [2.05, 4.69) is 9.88 Å². The van der Waals surface area contributed by atoms with Crippen LogP contribution in [0.1, 0.15) is 26.3 Å². The van der Waals surface area contributed by atoms with Crippen molar-refractivity contribution in [1.29, 1.82) is 0 Å². The Labute approximate surface area is 130 Å². The number of rotatable bonds is 2. The van der Waals surface area contributed by atoms with Crippen molar-refractivity contribution in [1.82, 2.24) is 9.88 Å². The zero-order valence-corrected chi connectivity index (χ0v) is 13.5. The molecule has 2 heterocycles. The molecular weight excluding hydrogens is 284 g/mol. The fraction of sp³-hybridized carbons (Fsp3) is 0.600. The molecule has 7 nitrogen and oxygen atoms in total. The lowest BCUT2D eigenvalue weighted by molar-refractivity contribution is -0.385. The van der Waals surface area contributed by atoms with Crippen LogP contribution in [0, 0.1) is 22.5 Å². The van der Waals surface area contributed by atoms with Crippen LogP contribution in [0.2, 0.25) is 0 Å². The minimum Gasteiger partial charge on any atom is -0.353 e. The van der Waals surface area contributed by atoms with Gasteiger partial charge in [-0.2, -0.15) is 0 Å². The van der Waals surface area contributed by atoms with Crippen LogP contribution in [0.3, 0.4) is 0 Å². The lowest BCUT2D eigenvalue weighted by Gasteiger charge is -2.38. The molecule has 1 aliphatic rings. The molecule has 0 N–H and O–H groups in total. The molecule has 1 aromatic rings. The summed E-state index contributed by atoms with van der Waals surface area (Å²) in [4.78, 5) is 30.8. The van der Waals surface area contributed by atoms with Crippen molar-refractivity contribution in [3.63, 3.8) is 0 Å². The predicted octanol–water partition coefficient (Wildman–Crippen LogP) is 1.99. The molecule has 1 aliphatic heterocycles. The number of hydrogen-bond donors (Lipinski definition) is 0. The molecule has 0 aromatic carbocycles. The van der Waals surface area contributed by atoms with E-state index in [0.717, 1.165) is 11.4 Å². The second kappa shape index (κ2) is 5.90. The molecule has 1 saturated heterocycles. The normalized spacial score (nSPS) is 15.8. The first kappa shape index (κ1) is 16.2. The molecule has 0 bridgehead atoms. The van der Waals surface area contributed by atoms with Crippen molar-refractivity contribution < 1.29 is 9.72 Å². The number of nitro groups is 1. The highest BCUT2D eigenvalue weighted by molar-refractivity contribution is 5.81. The van der Waals surface area contributed by atoms with E-state index >= 15 is 0 Å². The second-order valence-electron chi connectivity index (χ2n) is 6.62. The number of nitrogens with zero attached hydrogens (tertiary/aromatic N) is 4. The summed E-state index contributed by atoms with van der Waals surface area (Å²) in [7, 11) is 0.